The lowest BCUT2D eigenvalue weighted by atomic mass is 10.1. The summed E-state index contributed by atoms with van der Waals surface area (Å²) in [5.74, 6) is -0.968. The molecule has 3 rings (SSSR count). The molecule has 1 fully saturated rings. The van der Waals surface area contributed by atoms with Gasteiger partial charge in [-0.3, -0.25) is 29.8 Å². The number of carbonyl (C=O) groups is 2. The maximum absolute atomic E-state index is 12.9. The highest BCUT2D eigenvalue weighted by Gasteiger charge is 2.34. The third-order valence-corrected chi connectivity index (χ3v) is 4.84. The number of benzene rings is 2. The number of hydrogen-bond donors (Lipinski definition) is 0. The second kappa shape index (κ2) is 8.05. The molecule has 0 aliphatic carbocycles. The molecular weight excluding hydrogens is 380 g/mol. The van der Waals surface area contributed by atoms with E-state index in [0.717, 1.165) is 0 Å². The number of amides is 2. The molecule has 0 spiro atoms. The van der Waals surface area contributed by atoms with E-state index in [4.69, 9.17) is 0 Å². The summed E-state index contributed by atoms with van der Waals surface area (Å²) in [6.45, 7) is 2.22. The first kappa shape index (κ1) is 19.9. The Labute approximate surface area is 165 Å². The van der Waals surface area contributed by atoms with Crippen molar-refractivity contribution in [3.05, 3.63) is 79.9 Å². The molecule has 0 unspecified atom stereocenters. The van der Waals surface area contributed by atoms with Crippen molar-refractivity contribution in [3.63, 3.8) is 0 Å². The summed E-state index contributed by atoms with van der Waals surface area (Å²) in [6, 6.07) is 11.0. The average molecular weight is 398 g/mol. The van der Waals surface area contributed by atoms with E-state index in [-0.39, 0.29) is 42.1 Å². The van der Waals surface area contributed by atoms with Gasteiger partial charge in [0.2, 0.25) is 0 Å². The first-order valence-corrected chi connectivity index (χ1v) is 8.88. The fraction of sp³-hybridized carbons (Fsp3) is 0.263. The maximum Gasteiger partial charge on any atom is 0.282 e. The van der Waals surface area contributed by atoms with Crippen molar-refractivity contribution in [1.82, 2.24) is 9.80 Å². The van der Waals surface area contributed by atoms with Crippen LogP contribution in [0.3, 0.4) is 0 Å². The van der Waals surface area contributed by atoms with Gasteiger partial charge < -0.3 is 9.80 Å². The summed E-state index contributed by atoms with van der Waals surface area (Å²) in [5.41, 5.74) is -0.572. The van der Waals surface area contributed by atoms with E-state index in [1.165, 1.54) is 46.2 Å². The highest BCUT2D eigenvalue weighted by Crippen LogP contribution is 2.24. The van der Waals surface area contributed by atoms with Crippen LogP contribution in [-0.2, 0) is 0 Å². The molecular formula is C19H18N4O6. The lowest BCUT2D eigenvalue weighted by molar-refractivity contribution is -0.385. The number of para-hydroxylation sites is 2. The molecule has 1 aliphatic rings. The van der Waals surface area contributed by atoms with Gasteiger partial charge in [0.05, 0.1) is 9.85 Å². The van der Waals surface area contributed by atoms with Crippen molar-refractivity contribution >= 4 is 23.2 Å². The lowest BCUT2D eigenvalue weighted by Crippen LogP contribution is -2.55. The van der Waals surface area contributed by atoms with Gasteiger partial charge in [-0.25, -0.2) is 0 Å². The Morgan fingerprint density at radius 2 is 1.34 bits per heavy atom. The molecule has 0 bridgehead atoms. The summed E-state index contributed by atoms with van der Waals surface area (Å²) in [7, 11) is 0. The number of hydrogen-bond acceptors (Lipinski definition) is 6. The third-order valence-electron chi connectivity index (χ3n) is 4.84. The van der Waals surface area contributed by atoms with Crippen molar-refractivity contribution in [1.29, 1.82) is 0 Å². The van der Waals surface area contributed by atoms with Crippen molar-refractivity contribution in [2.75, 3.05) is 19.6 Å². The monoisotopic (exact) mass is 398 g/mol. The second-order valence-corrected chi connectivity index (χ2v) is 6.65. The van der Waals surface area contributed by atoms with E-state index in [2.05, 4.69) is 0 Å². The zero-order chi connectivity index (χ0) is 21.1. The van der Waals surface area contributed by atoms with Crippen LogP contribution in [-0.4, -0.2) is 57.1 Å². The van der Waals surface area contributed by atoms with Gasteiger partial charge in [0.15, 0.2) is 0 Å². The molecule has 10 heteroatoms. The normalized spacial score (nSPS) is 16.4. The van der Waals surface area contributed by atoms with Crippen LogP contribution in [0.25, 0.3) is 0 Å². The van der Waals surface area contributed by atoms with Crippen molar-refractivity contribution in [2.24, 2.45) is 0 Å². The molecule has 0 N–H and O–H groups in total. The quantitative estimate of drug-likeness (QED) is 0.575. The van der Waals surface area contributed by atoms with Gasteiger partial charge in [-0.05, 0) is 19.1 Å². The fourth-order valence-corrected chi connectivity index (χ4v) is 3.40. The van der Waals surface area contributed by atoms with Crippen molar-refractivity contribution in [2.45, 2.75) is 13.0 Å². The summed E-state index contributed by atoms with van der Waals surface area (Å²) in [6.07, 6.45) is 0. The molecule has 2 aromatic carbocycles. The van der Waals surface area contributed by atoms with Gasteiger partial charge in [0.1, 0.15) is 11.1 Å². The Bertz CT molecular complexity index is 992. The van der Waals surface area contributed by atoms with E-state index in [1.54, 1.807) is 19.1 Å². The second-order valence-electron chi connectivity index (χ2n) is 6.65. The molecule has 29 heavy (non-hydrogen) atoms. The molecule has 1 atom stereocenters. The highest BCUT2D eigenvalue weighted by molar-refractivity contribution is 6.00. The standard InChI is InChI=1S/C19H18N4O6/c1-13-12-20(18(24)14-6-2-4-8-16(14)22(26)27)10-11-21(13)19(25)15-7-3-5-9-17(15)23(28)29/h2-9,13H,10-12H2,1H3/t13-/m1/s1. The number of rotatable bonds is 4. The number of nitro benzene ring substituents is 2. The summed E-state index contributed by atoms with van der Waals surface area (Å²) >= 11 is 0. The molecule has 0 aromatic heterocycles. The molecule has 2 aromatic rings. The van der Waals surface area contributed by atoms with Crippen LogP contribution in [0, 0.1) is 20.2 Å². The first-order chi connectivity index (χ1) is 13.8. The predicted octanol–water partition coefficient (Wildman–Crippen LogP) is 2.49. The summed E-state index contributed by atoms with van der Waals surface area (Å²) < 4.78 is 0. The summed E-state index contributed by atoms with van der Waals surface area (Å²) in [5, 5.41) is 22.4. The molecule has 1 aliphatic heterocycles. The van der Waals surface area contributed by atoms with E-state index in [9.17, 15) is 29.8 Å². The topological polar surface area (TPSA) is 127 Å². The van der Waals surface area contributed by atoms with Gasteiger partial charge >= 0.3 is 0 Å². The van der Waals surface area contributed by atoms with Crippen LogP contribution in [0.15, 0.2) is 48.5 Å². The SMILES string of the molecule is C[C@@H]1CN(C(=O)c2ccccc2[N+](=O)[O-])CCN1C(=O)c1ccccc1[N+](=O)[O-]. The third kappa shape index (κ3) is 3.91. The molecule has 1 heterocycles. The smallest absolute Gasteiger partial charge is 0.282 e. The van der Waals surface area contributed by atoms with Crippen LogP contribution >= 0.6 is 0 Å². The van der Waals surface area contributed by atoms with Crippen LogP contribution in [0.4, 0.5) is 11.4 Å². The van der Waals surface area contributed by atoms with Gasteiger partial charge in [0.25, 0.3) is 23.2 Å². The van der Waals surface area contributed by atoms with E-state index < -0.39 is 27.7 Å². The van der Waals surface area contributed by atoms with E-state index in [1.807, 2.05) is 0 Å². The van der Waals surface area contributed by atoms with Crippen LogP contribution in [0.2, 0.25) is 0 Å². The highest BCUT2D eigenvalue weighted by atomic mass is 16.6. The zero-order valence-electron chi connectivity index (χ0n) is 15.6. The Balaban J connectivity index is 1.78. The number of piperazine rings is 1. The van der Waals surface area contributed by atoms with Crippen LogP contribution in [0.1, 0.15) is 27.6 Å². The van der Waals surface area contributed by atoms with Crippen LogP contribution in [0.5, 0.6) is 0 Å². The van der Waals surface area contributed by atoms with Crippen molar-refractivity contribution < 1.29 is 19.4 Å². The largest absolute Gasteiger partial charge is 0.335 e. The summed E-state index contributed by atoms with van der Waals surface area (Å²) in [4.78, 5) is 49.8. The maximum atomic E-state index is 12.9. The van der Waals surface area contributed by atoms with Crippen LogP contribution < -0.4 is 0 Å². The minimum atomic E-state index is -0.606. The molecule has 1 saturated heterocycles. The number of carbonyl (C=O) groups excluding carboxylic acids is 2. The van der Waals surface area contributed by atoms with E-state index >= 15 is 0 Å². The van der Waals surface area contributed by atoms with Gasteiger partial charge in [-0.1, -0.05) is 24.3 Å². The molecule has 150 valence electrons. The minimum absolute atomic E-state index is 0.0110. The Hall–Kier alpha value is -3.82. The number of nitro groups is 2. The average Bonchev–Trinajstić information content (AvgIpc) is 2.72. The molecule has 2 amide bonds. The van der Waals surface area contributed by atoms with Crippen molar-refractivity contribution in [3.8, 4) is 0 Å². The Morgan fingerprint density at radius 3 is 1.83 bits per heavy atom. The van der Waals surface area contributed by atoms with Gasteiger partial charge in [0, 0.05) is 37.8 Å². The Kier molecular flexibility index (Phi) is 5.53. The van der Waals surface area contributed by atoms with Gasteiger partial charge in [-0.15, -0.1) is 0 Å². The molecule has 0 saturated carbocycles. The molecule has 10 nitrogen and oxygen atoms in total. The fourth-order valence-electron chi connectivity index (χ4n) is 3.40. The molecule has 0 radical (unpaired) electrons. The van der Waals surface area contributed by atoms with E-state index in [0.29, 0.717) is 0 Å². The lowest BCUT2D eigenvalue weighted by Gasteiger charge is -2.39. The zero-order valence-corrected chi connectivity index (χ0v) is 15.6. The first-order valence-electron chi connectivity index (χ1n) is 8.88. The minimum Gasteiger partial charge on any atom is -0.335 e. The predicted molar refractivity (Wildman–Crippen MR) is 103 cm³/mol. The van der Waals surface area contributed by atoms with Gasteiger partial charge in [-0.2, -0.15) is 0 Å². The number of nitrogens with zero attached hydrogens (tertiary/aromatic N) is 4. The Morgan fingerprint density at radius 1 is 0.862 bits per heavy atom.